The zero-order valence-electron chi connectivity index (χ0n) is 9.70. The number of benzene rings is 1. The molecule has 2 rings (SSSR count). The van der Waals surface area contributed by atoms with Crippen molar-refractivity contribution in [3.63, 3.8) is 0 Å². The quantitative estimate of drug-likeness (QED) is 0.675. The lowest BCUT2D eigenvalue weighted by Crippen LogP contribution is -2.01. The lowest BCUT2D eigenvalue weighted by atomic mass is 10.2. The fourth-order valence-corrected chi connectivity index (χ4v) is 1.57. The number of imidazole rings is 1. The molecule has 0 saturated heterocycles. The summed E-state index contributed by atoms with van der Waals surface area (Å²) in [5.74, 6) is -1.95. The molecule has 1 aromatic heterocycles. The average molecular weight is 265 g/mol. The molecule has 19 heavy (non-hydrogen) atoms. The van der Waals surface area contributed by atoms with Crippen LogP contribution in [0.2, 0.25) is 0 Å². The Bertz CT molecular complexity index is 681. The first kappa shape index (κ1) is 12.7. The topological polar surface area (TPSA) is 98.3 Å². The highest BCUT2D eigenvalue weighted by Gasteiger charge is 2.19. The van der Waals surface area contributed by atoms with Gasteiger partial charge in [-0.15, -0.1) is 0 Å². The molecular formula is C11H8FN3O4. The van der Waals surface area contributed by atoms with Crippen LogP contribution in [0.15, 0.2) is 24.7 Å². The number of hydrogen-bond acceptors (Lipinski definition) is 4. The molecule has 0 aliphatic heterocycles. The van der Waals surface area contributed by atoms with Crippen molar-refractivity contribution in [1.29, 1.82) is 0 Å². The second-order valence-corrected chi connectivity index (χ2v) is 3.82. The van der Waals surface area contributed by atoms with Gasteiger partial charge >= 0.3 is 5.97 Å². The van der Waals surface area contributed by atoms with E-state index >= 15 is 0 Å². The number of nitro groups is 1. The maximum Gasteiger partial charge on any atom is 0.356 e. The largest absolute Gasteiger partial charge is 0.476 e. The number of aromatic carboxylic acids is 1. The number of rotatable bonds is 3. The third kappa shape index (κ3) is 2.28. The van der Waals surface area contributed by atoms with Crippen LogP contribution < -0.4 is 0 Å². The normalized spacial score (nSPS) is 10.4. The van der Waals surface area contributed by atoms with Crippen LogP contribution in [0.3, 0.4) is 0 Å². The molecule has 2 aromatic rings. The van der Waals surface area contributed by atoms with Crippen LogP contribution in [-0.2, 0) is 0 Å². The van der Waals surface area contributed by atoms with E-state index in [4.69, 9.17) is 5.11 Å². The summed E-state index contributed by atoms with van der Waals surface area (Å²) in [7, 11) is 0. The van der Waals surface area contributed by atoms with Gasteiger partial charge in [-0.3, -0.25) is 14.7 Å². The summed E-state index contributed by atoms with van der Waals surface area (Å²) >= 11 is 0. The number of nitro benzene ring substituents is 1. The standard InChI is InChI=1S/C11H8FN3O4/c1-6-2-9(10(15(18)19)3-7(6)12)14-4-8(11(16)17)13-5-14/h2-5H,1H3,(H,16,17). The van der Waals surface area contributed by atoms with E-state index in [9.17, 15) is 19.3 Å². The Morgan fingerprint density at radius 2 is 2.21 bits per heavy atom. The minimum Gasteiger partial charge on any atom is -0.476 e. The van der Waals surface area contributed by atoms with E-state index in [1.165, 1.54) is 17.6 Å². The van der Waals surface area contributed by atoms with Crippen LogP contribution in [0.1, 0.15) is 16.1 Å². The van der Waals surface area contributed by atoms with Crippen molar-refractivity contribution in [2.75, 3.05) is 0 Å². The van der Waals surface area contributed by atoms with Gasteiger partial charge in [-0.1, -0.05) is 0 Å². The molecule has 0 aliphatic carbocycles. The molecule has 0 saturated carbocycles. The van der Waals surface area contributed by atoms with E-state index < -0.39 is 22.4 Å². The molecule has 0 aliphatic rings. The number of halogens is 1. The van der Waals surface area contributed by atoms with Crippen LogP contribution in [0.4, 0.5) is 10.1 Å². The molecule has 0 atom stereocenters. The van der Waals surface area contributed by atoms with E-state index in [1.54, 1.807) is 0 Å². The third-order valence-corrected chi connectivity index (χ3v) is 2.53. The van der Waals surface area contributed by atoms with Crippen LogP contribution in [0, 0.1) is 22.9 Å². The van der Waals surface area contributed by atoms with E-state index in [1.807, 2.05) is 0 Å². The zero-order chi connectivity index (χ0) is 14.2. The number of aryl methyl sites for hydroxylation is 1. The molecule has 1 aromatic carbocycles. The van der Waals surface area contributed by atoms with Crippen molar-refractivity contribution < 1.29 is 19.2 Å². The molecule has 1 heterocycles. The number of carboxylic acids is 1. The lowest BCUT2D eigenvalue weighted by Gasteiger charge is -2.05. The van der Waals surface area contributed by atoms with Gasteiger partial charge in [0.15, 0.2) is 5.69 Å². The molecule has 0 radical (unpaired) electrons. The first-order valence-corrected chi connectivity index (χ1v) is 5.12. The highest BCUT2D eigenvalue weighted by Crippen LogP contribution is 2.26. The Hall–Kier alpha value is -2.77. The van der Waals surface area contributed by atoms with Crippen molar-refractivity contribution in [3.05, 3.63) is 51.8 Å². The van der Waals surface area contributed by atoms with Crippen molar-refractivity contribution in [2.45, 2.75) is 6.92 Å². The second-order valence-electron chi connectivity index (χ2n) is 3.82. The van der Waals surface area contributed by atoms with Crippen molar-refractivity contribution in [3.8, 4) is 5.69 Å². The number of aromatic nitrogens is 2. The van der Waals surface area contributed by atoms with Gasteiger partial charge in [0.2, 0.25) is 0 Å². The molecule has 1 N–H and O–H groups in total. The van der Waals surface area contributed by atoms with Gasteiger partial charge in [-0.2, -0.15) is 0 Å². The number of hydrogen-bond donors (Lipinski definition) is 1. The molecule has 0 bridgehead atoms. The van der Waals surface area contributed by atoms with Crippen molar-refractivity contribution in [1.82, 2.24) is 9.55 Å². The van der Waals surface area contributed by atoms with Crippen LogP contribution in [-0.4, -0.2) is 25.6 Å². The summed E-state index contributed by atoms with van der Waals surface area (Å²) in [5, 5.41) is 19.6. The smallest absolute Gasteiger partial charge is 0.356 e. The highest BCUT2D eigenvalue weighted by molar-refractivity contribution is 5.85. The molecule has 7 nitrogen and oxygen atoms in total. The summed E-state index contributed by atoms with van der Waals surface area (Å²) < 4.78 is 14.5. The minimum absolute atomic E-state index is 0.0592. The fourth-order valence-electron chi connectivity index (χ4n) is 1.57. The van der Waals surface area contributed by atoms with Crippen LogP contribution >= 0.6 is 0 Å². The van der Waals surface area contributed by atoms with Gasteiger partial charge in [0, 0.05) is 6.20 Å². The van der Waals surface area contributed by atoms with Gasteiger partial charge in [-0.25, -0.2) is 14.2 Å². The Labute approximate surface area is 106 Å². The molecule has 0 unspecified atom stereocenters. The SMILES string of the molecule is Cc1cc(-n2cnc(C(=O)O)c2)c([N+](=O)[O-])cc1F. The van der Waals surface area contributed by atoms with Gasteiger partial charge in [0.05, 0.1) is 11.0 Å². The average Bonchev–Trinajstić information content (AvgIpc) is 2.81. The van der Waals surface area contributed by atoms with E-state index in [-0.39, 0.29) is 16.9 Å². The van der Waals surface area contributed by atoms with Crippen LogP contribution in [0.25, 0.3) is 5.69 Å². The summed E-state index contributed by atoms with van der Waals surface area (Å²) in [4.78, 5) is 24.5. The van der Waals surface area contributed by atoms with Crippen molar-refractivity contribution >= 4 is 11.7 Å². The third-order valence-electron chi connectivity index (χ3n) is 2.53. The lowest BCUT2D eigenvalue weighted by molar-refractivity contribution is -0.384. The molecule has 0 amide bonds. The Morgan fingerprint density at radius 3 is 2.74 bits per heavy atom. The summed E-state index contributed by atoms with van der Waals surface area (Å²) in [6.45, 7) is 1.46. The Kier molecular flexibility index (Phi) is 2.99. The number of carboxylic acid groups (broad SMARTS) is 1. The molecular weight excluding hydrogens is 257 g/mol. The zero-order valence-corrected chi connectivity index (χ0v) is 9.70. The summed E-state index contributed by atoms with van der Waals surface area (Å²) in [6.07, 6.45) is 2.26. The summed E-state index contributed by atoms with van der Waals surface area (Å²) in [6, 6.07) is 2.06. The maximum atomic E-state index is 13.3. The second kappa shape index (κ2) is 4.48. The minimum atomic E-state index is -1.25. The first-order chi connectivity index (χ1) is 8.90. The monoisotopic (exact) mass is 265 g/mol. The summed E-state index contributed by atoms with van der Waals surface area (Å²) in [5.41, 5.74) is -0.441. The fraction of sp³-hybridized carbons (Fsp3) is 0.0909. The molecule has 8 heteroatoms. The predicted octanol–water partition coefficient (Wildman–Crippen LogP) is 1.93. The van der Waals surface area contributed by atoms with Crippen molar-refractivity contribution in [2.24, 2.45) is 0 Å². The first-order valence-electron chi connectivity index (χ1n) is 5.12. The van der Waals surface area contributed by atoms with E-state index in [0.717, 1.165) is 18.6 Å². The van der Waals surface area contributed by atoms with Crippen LogP contribution in [0.5, 0.6) is 0 Å². The Balaban J connectivity index is 2.62. The number of nitrogens with zero attached hydrogens (tertiary/aromatic N) is 3. The predicted molar refractivity (Wildman–Crippen MR) is 61.9 cm³/mol. The van der Waals surface area contributed by atoms with Gasteiger partial charge < -0.3 is 5.11 Å². The van der Waals surface area contributed by atoms with Gasteiger partial charge in [0.1, 0.15) is 17.8 Å². The van der Waals surface area contributed by atoms with E-state index in [0.29, 0.717) is 0 Å². The van der Waals surface area contributed by atoms with Gasteiger partial charge in [-0.05, 0) is 18.6 Å². The highest BCUT2D eigenvalue weighted by atomic mass is 19.1. The van der Waals surface area contributed by atoms with Gasteiger partial charge in [0.25, 0.3) is 5.69 Å². The Morgan fingerprint density at radius 1 is 1.53 bits per heavy atom. The van der Waals surface area contributed by atoms with E-state index in [2.05, 4.69) is 4.98 Å². The molecule has 98 valence electrons. The maximum absolute atomic E-state index is 13.3. The molecule has 0 spiro atoms. The molecule has 0 fully saturated rings. The number of carbonyl (C=O) groups is 1.